The van der Waals surface area contributed by atoms with Crippen LogP contribution >= 0.6 is 0 Å². The molecule has 0 aromatic heterocycles. The summed E-state index contributed by atoms with van der Waals surface area (Å²) < 4.78 is 5.23. The standard InChI is InChI=1S/C13H19NO/c1-10-7-12(8-14-10)13-6-4-3-5-11(13)9-15-2/h3-6,10,12,14H,7-9H2,1-2H3. The quantitative estimate of drug-likeness (QED) is 0.817. The van der Waals surface area contributed by atoms with Gasteiger partial charge in [0, 0.05) is 19.7 Å². The second-order valence-electron chi connectivity index (χ2n) is 4.37. The van der Waals surface area contributed by atoms with Gasteiger partial charge in [-0.15, -0.1) is 0 Å². The third-order valence-corrected chi connectivity index (χ3v) is 3.15. The summed E-state index contributed by atoms with van der Waals surface area (Å²) in [4.78, 5) is 0. The second kappa shape index (κ2) is 4.77. The average Bonchev–Trinajstić information content (AvgIpc) is 2.66. The summed E-state index contributed by atoms with van der Waals surface area (Å²) in [6.07, 6.45) is 1.24. The topological polar surface area (TPSA) is 21.3 Å². The predicted molar refractivity (Wildman–Crippen MR) is 62.0 cm³/mol. The Labute approximate surface area is 91.6 Å². The van der Waals surface area contributed by atoms with Gasteiger partial charge in [0.1, 0.15) is 0 Å². The Morgan fingerprint density at radius 3 is 2.87 bits per heavy atom. The molecule has 1 heterocycles. The van der Waals surface area contributed by atoms with Crippen LogP contribution in [0, 0.1) is 0 Å². The average molecular weight is 205 g/mol. The Kier molecular flexibility index (Phi) is 3.39. The molecule has 2 nitrogen and oxygen atoms in total. The molecule has 1 aliphatic heterocycles. The first kappa shape index (κ1) is 10.7. The zero-order valence-corrected chi connectivity index (χ0v) is 9.49. The van der Waals surface area contributed by atoms with Crippen LogP contribution in [0.15, 0.2) is 24.3 Å². The Hall–Kier alpha value is -0.860. The van der Waals surface area contributed by atoms with Crippen LogP contribution in [-0.2, 0) is 11.3 Å². The molecule has 0 bridgehead atoms. The van der Waals surface area contributed by atoms with E-state index in [9.17, 15) is 0 Å². The van der Waals surface area contributed by atoms with E-state index in [0.29, 0.717) is 12.0 Å². The summed E-state index contributed by atoms with van der Waals surface area (Å²) in [5.41, 5.74) is 2.79. The van der Waals surface area contributed by atoms with Crippen LogP contribution in [0.1, 0.15) is 30.4 Å². The van der Waals surface area contributed by atoms with E-state index < -0.39 is 0 Å². The normalized spacial score (nSPS) is 25.7. The summed E-state index contributed by atoms with van der Waals surface area (Å²) in [7, 11) is 1.76. The summed E-state index contributed by atoms with van der Waals surface area (Å²) in [6.45, 7) is 4.07. The lowest BCUT2D eigenvalue weighted by Crippen LogP contribution is -2.16. The molecule has 1 aliphatic rings. The lowest BCUT2D eigenvalue weighted by molar-refractivity contribution is 0.184. The van der Waals surface area contributed by atoms with Gasteiger partial charge in [-0.25, -0.2) is 0 Å². The van der Waals surface area contributed by atoms with Gasteiger partial charge in [-0.1, -0.05) is 24.3 Å². The molecule has 0 amide bonds. The smallest absolute Gasteiger partial charge is 0.0715 e. The van der Waals surface area contributed by atoms with Crippen molar-refractivity contribution in [3.63, 3.8) is 0 Å². The minimum atomic E-state index is 0.644. The molecule has 2 rings (SSSR count). The Morgan fingerprint density at radius 2 is 2.20 bits per heavy atom. The zero-order valence-electron chi connectivity index (χ0n) is 9.49. The highest BCUT2D eigenvalue weighted by Crippen LogP contribution is 2.28. The van der Waals surface area contributed by atoms with E-state index in [-0.39, 0.29) is 0 Å². The minimum absolute atomic E-state index is 0.644. The maximum Gasteiger partial charge on any atom is 0.0715 e. The van der Waals surface area contributed by atoms with Crippen LogP contribution in [0.25, 0.3) is 0 Å². The first-order valence-corrected chi connectivity index (χ1v) is 5.61. The fourth-order valence-electron chi connectivity index (χ4n) is 2.39. The Bertz CT molecular complexity index is 324. The lowest BCUT2D eigenvalue weighted by Gasteiger charge is -2.14. The number of hydrogen-bond acceptors (Lipinski definition) is 2. The largest absolute Gasteiger partial charge is 0.380 e. The second-order valence-corrected chi connectivity index (χ2v) is 4.37. The molecular weight excluding hydrogens is 186 g/mol. The molecule has 15 heavy (non-hydrogen) atoms. The molecule has 0 spiro atoms. The van der Waals surface area contributed by atoms with Gasteiger partial charge in [0.25, 0.3) is 0 Å². The van der Waals surface area contributed by atoms with Crippen molar-refractivity contribution >= 4 is 0 Å². The number of ether oxygens (including phenoxy) is 1. The van der Waals surface area contributed by atoms with E-state index in [4.69, 9.17) is 4.74 Å². The first-order chi connectivity index (χ1) is 7.31. The van der Waals surface area contributed by atoms with E-state index in [2.05, 4.69) is 36.5 Å². The van der Waals surface area contributed by atoms with Gasteiger partial charge in [-0.05, 0) is 30.4 Å². The number of benzene rings is 1. The molecule has 1 aromatic rings. The molecule has 1 saturated heterocycles. The van der Waals surface area contributed by atoms with Crippen molar-refractivity contribution in [1.82, 2.24) is 5.32 Å². The zero-order chi connectivity index (χ0) is 10.7. The fraction of sp³-hybridized carbons (Fsp3) is 0.538. The molecule has 2 unspecified atom stereocenters. The van der Waals surface area contributed by atoms with Crippen molar-refractivity contribution in [3.05, 3.63) is 35.4 Å². The van der Waals surface area contributed by atoms with Crippen LogP contribution in [0.3, 0.4) is 0 Å². The van der Waals surface area contributed by atoms with Crippen LogP contribution in [0.5, 0.6) is 0 Å². The monoisotopic (exact) mass is 205 g/mol. The number of nitrogens with one attached hydrogen (secondary N) is 1. The van der Waals surface area contributed by atoms with Crippen molar-refractivity contribution < 1.29 is 4.74 Å². The Balaban J connectivity index is 2.19. The van der Waals surface area contributed by atoms with Crippen LogP contribution in [-0.4, -0.2) is 19.7 Å². The van der Waals surface area contributed by atoms with E-state index in [0.717, 1.165) is 13.2 Å². The first-order valence-electron chi connectivity index (χ1n) is 5.61. The van der Waals surface area contributed by atoms with E-state index in [1.165, 1.54) is 17.5 Å². The molecule has 0 saturated carbocycles. The van der Waals surface area contributed by atoms with Crippen LogP contribution in [0.2, 0.25) is 0 Å². The van der Waals surface area contributed by atoms with Gasteiger partial charge < -0.3 is 10.1 Å². The van der Waals surface area contributed by atoms with Crippen molar-refractivity contribution in [2.75, 3.05) is 13.7 Å². The highest BCUT2D eigenvalue weighted by molar-refractivity contribution is 5.31. The number of methoxy groups -OCH3 is 1. The fourth-order valence-corrected chi connectivity index (χ4v) is 2.39. The van der Waals surface area contributed by atoms with E-state index >= 15 is 0 Å². The summed E-state index contributed by atoms with van der Waals surface area (Å²) in [5.74, 6) is 0.659. The molecule has 0 radical (unpaired) electrons. The molecule has 82 valence electrons. The lowest BCUT2D eigenvalue weighted by atomic mass is 9.92. The highest BCUT2D eigenvalue weighted by atomic mass is 16.5. The van der Waals surface area contributed by atoms with Gasteiger partial charge in [0.2, 0.25) is 0 Å². The number of hydrogen-bond donors (Lipinski definition) is 1. The molecule has 1 N–H and O–H groups in total. The predicted octanol–water partition coefficient (Wildman–Crippen LogP) is 2.30. The van der Waals surface area contributed by atoms with Gasteiger partial charge in [-0.3, -0.25) is 0 Å². The van der Waals surface area contributed by atoms with Crippen molar-refractivity contribution in [2.45, 2.75) is 31.9 Å². The highest BCUT2D eigenvalue weighted by Gasteiger charge is 2.23. The minimum Gasteiger partial charge on any atom is -0.380 e. The van der Waals surface area contributed by atoms with Crippen LogP contribution < -0.4 is 5.32 Å². The maximum absolute atomic E-state index is 5.23. The van der Waals surface area contributed by atoms with E-state index in [1.807, 2.05) is 0 Å². The SMILES string of the molecule is COCc1ccccc1C1CNC(C)C1. The maximum atomic E-state index is 5.23. The summed E-state index contributed by atoms with van der Waals surface area (Å²) >= 11 is 0. The van der Waals surface area contributed by atoms with Gasteiger partial charge >= 0.3 is 0 Å². The number of rotatable bonds is 3. The molecule has 2 heteroatoms. The molecule has 1 fully saturated rings. The van der Waals surface area contributed by atoms with Gasteiger partial charge in [-0.2, -0.15) is 0 Å². The molecule has 1 aromatic carbocycles. The van der Waals surface area contributed by atoms with Crippen molar-refractivity contribution in [1.29, 1.82) is 0 Å². The van der Waals surface area contributed by atoms with Crippen molar-refractivity contribution in [3.8, 4) is 0 Å². The van der Waals surface area contributed by atoms with E-state index in [1.54, 1.807) is 7.11 Å². The summed E-state index contributed by atoms with van der Waals surface area (Å²) in [6, 6.07) is 9.26. The molecule has 0 aliphatic carbocycles. The van der Waals surface area contributed by atoms with Crippen molar-refractivity contribution in [2.24, 2.45) is 0 Å². The molecule has 2 atom stereocenters. The third-order valence-electron chi connectivity index (χ3n) is 3.15. The third kappa shape index (κ3) is 2.39. The summed E-state index contributed by atoms with van der Waals surface area (Å²) in [5, 5.41) is 3.50. The Morgan fingerprint density at radius 1 is 1.40 bits per heavy atom. The van der Waals surface area contributed by atoms with Gasteiger partial charge in [0.05, 0.1) is 6.61 Å². The molecular formula is C13H19NO. The van der Waals surface area contributed by atoms with Crippen LogP contribution in [0.4, 0.5) is 0 Å². The van der Waals surface area contributed by atoms with Gasteiger partial charge in [0.15, 0.2) is 0 Å².